The lowest BCUT2D eigenvalue weighted by atomic mass is 10.0. The molecule has 0 heterocycles. The predicted octanol–water partition coefficient (Wildman–Crippen LogP) is 2.80. The van der Waals surface area contributed by atoms with Gasteiger partial charge in [-0.2, -0.15) is 0 Å². The Hall–Kier alpha value is -0.420. The van der Waals surface area contributed by atoms with E-state index in [1.54, 1.807) is 0 Å². The van der Waals surface area contributed by atoms with Crippen LogP contribution < -0.4 is 5.32 Å². The minimum absolute atomic E-state index is 0.169. The smallest absolute Gasteiger partial charge is 0.0609 e. The van der Waals surface area contributed by atoms with Crippen LogP contribution in [0.1, 0.15) is 31.9 Å². The number of hydrogen-bond donors (Lipinski definition) is 2. The van der Waals surface area contributed by atoms with Crippen molar-refractivity contribution in [2.45, 2.75) is 31.8 Å². The van der Waals surface area contributed by atoms with Gasteiger partial charge in [0, 0.05) is 22.6 Å². The van der Waals surface area contributed by atoms with Gasteiger partial charge in [-0.05, 0) is 52.1 Å². The van der Waals surface area contributed by atoms with Gasteiger partial charge in [0.25, 0.3) is 0 Å². The Kier molecular flexibility index (Phi) is 6.47. The van der Waals surface area contributed by atoms with Crippen LogP contribution in [0.15, 0.2) is 28.7 Å². The second kappa shape index (κ2) is 7.39. The summed E-state index contributed by atoms with van der Waals surface area (Å²) in [5.41, 5.74) is 1.12. The van der Waals surface area contributed by atoms with Crippen LogP contribution in [-0.2, 0) is 0 Å². The number of nitrogens with one attached hydrogen (secondary N) is 1. The summed E-state index contributed by atoms with van der Waals surface area (Å²) in [7, 11) is 4.05. The molecule has 4 heteroatoms. The van der Waals surface area contributed by atoms with E-state index < -0.39 is 0 Å². The maximum absolute atomic E-state index is 9.37. The molecule has 0 spiro atoms. The Morgan fingerprint density at radius 1 is 1.32 bits per heavy atom. The van der Waals surface area contributed by atoms with E-state index in [0.717, 1.165) is 17.4 Å². The van der Waals surface area contributed by atoms with Crippen LogP contribution in [-0.4, -0.2) is 42.8 Å². The summed E-state index contributed by atoms with van der Waals surface area (Å²) in [6, 6.07) is 8.76. The molecule has 0 amide bonds. The Bertz CT molecular complexity index is 378. The number of likely N-dealkylation sites (N-methyl/N-ethyl adjacent to an activating group) is 1. The number of rotatable bonds is 7. The summed E-state index contributed by atoms with van der Waals surface area (Å²) >= 11 is 3.46. The average Bonchev–Trinajstić information content (AvgIpc) is 2.41. The number of hydrogen-bond acceptors (Lipinski definition) is 3. The van der Waals surface area contributed by atoms with E-state index >= 15 is 0 Å². The summed E-state index contributed by atoms with van der Waals surface area (Å²) < 4.78 is 1.10. The van der Waals surface area contributed by atoms with Crippen LogP contribution in [0.2, 0.25) is 0 Å². The first-order valence-electron chi connectivity index (χ1n) is 6.65. The molecule has 1 unspecified atom stereocenters. The van der Waals surface area contributed by atoms with E-state index in [4.69, 9.17) is 0 Å². The molecule has 1 aromatic carbocycles. The molecule has 0 aliphatic heterocycles. The lowest BCUT2D eigenvalue weighted by Gasteiger charge is -2.34. The van der Waals surface area contributed by atoms with Gasteiger partial charge >= 0.3 is 0 Å². The molecule has 0 fully saturated rings. The van der Waals surface area contributed by atoms with Gasteiger partial charge in [-0.15, -0.1) is 0 Å². The monoisotopic (exact) mass is 328 g/mol. The van der Waals surface area contributed by atoms with E-state index in [0.29, 0.717) is 6.04 Å². The highest BCUT2D eigenvalue weighted by Crippen LogP contribution is 2.21. The quantitative estimate of drug-likeness (QED) is 0.807. The van der Waals surface area contributed by atoms with Crippen LogP contribution in [0, 0.1) is 0 Å². The first-order valence-corrected chi connectivity index (χ1v) is 7.45. The van der Waals surface area contributed by atoms with Crippen LogP contribution >= 0.6 is 15.9 Å². The van der Waals surface area contributed by atoms with Crippen LogP contribution in [0.4, 0.5) is 0 Å². The molecule has 108 valence electrons. The Labute approximate surface area is 125 Å². The zero-order valence-electron chi connectivity index (χ0n) is 12.3. The topological polar surface area (TPSA) is 35.5 Å². The highest BCUT2D eigenvalue weighted by molar-refractivity contribution is 9.10. The van der Waals surface area contributed by atoms with Gasteiger partial charge < -0.3 is 10.4 Å². The molecule has 3 nitrogen and oxygen atoms in total. The van der Waals surface area contributed by atoms with E-state index in [-0.39, 0.29) is 12.1 Å². The molecule has 1 rings (SSSR count). The van der Waals surface area contributed by atoms with Crippen LogP contribution in [0.5, 0.6) is 0 Å². The third-order valence-electron chi connectivity index (χ3n) is 3.79. The Balaban J connectivity index is 2.61. The Morgan fingerprint density at radius 3 is 2.37 bits per heavy atom. The van der Waals surface area contributed by atoms with Crippen molar-refractivity contribution in [1.82, 2.24) is 10.2 Å². The molecule has 0 aliphatic carbocycles. The summed E-state index contributed by atoms with van der Waals surface area (Å²) in [6.45, 7) is 5.23. The van der Waals surface area contributed by atoms with Crippen molar-refractivity contribution >= 4 is 15.9 Å². The second-order valence-electron chi connectivity index (χ2n) is 5.57. The summed E-state index contributed by atoms with van der Waals surface area (Å²) in [5, 5.41) is 12.7. The molecular weight excluding hydrogens is 304 g/mol. The van der Waals surface area contributed by atoms with E-state index in [1.807, 2.05) is 7.05 Å². The maximum atomic E-state index is 9.37. The molecule has 1 aromatic rings. The maximum Gasteiger partial charge on any atom is 0.0609 e. The lowest BCUT2D eigenvalue weighted by molar-refractivity contribution is 0.0760. The lowest BCUT2D eigenvalue weighted by Crippen LogP contribution is -2.45. The number of aliphatic hydroxyl groups excluding tert-OH is 1. The predicted molar refractivity (Wildman–Crippen MR) is 84.4 cm³/mol. The zero-order chi connectivity index (χ0) is 14.5. The fraction of sp³-hybridized carbons (Fsp3) is 0.600. The molecule has 0 aliphatic rings. The Morgan fingerprint density at radius 2 is 1.89 bits per heavy atom. The number of halogens is 1. The number of nitrogens with zero attached hydrogens (tertiary/aromatic N) is 1. The third kappa shape index (κ3) is 4.88. The van der Waals surface area contributed by atoms with Gasteiger partial charge in [0.05, 0.1) is 6.61 Å². The van der Waals surface area contributed by atoms with Gasteiger partial charge in [0.15, 0.2) is 0 Å². The summed E-state index contributed by atoms with van der Waals surface area (Å²) in [4.78, 5) is 2.20. The average molecular weight is 329 g/mol. The van der Waals surface area contributed by atoms with Crippen molar-refractivity contribution < 1.29 is 5.11 Å². The third-order valence-corrected chi connectivity index (χ3v) is 4.32. The van der Waals surface area contributed by atoms with Crippen LogP contribution in [0.25, 0.3) is 0 Å². The molecule has 0 saturated heterocycles. The minimum atomic E-state index is -0.169. The van der Waals surface area contributed by atoms with Crippen molar-refractivity contribution in [2.24, 2.45) is 0 Å². The highest BCUT2D eigenvalue weighted by atomic mass is 79.9. The molecule has 19 heavy (non-hydrogen) atoms. The van der Waals surface area contributed by atoms with Gasteiger partial charge in [-0.25, -0.2) is 0 Å². The largest absolute Gasteiger partial charge is 0.394 e. The van der Waals surface area contributed by atoms with E-state index in [1.165, 1.54) is 5.56 Å². The molecule has 0 radical (unpaired) electrons. The summed E-state index contributed by atoms with van der Waals surface area (Å²) in [5.74, 6) is 0. The minimum Gasteiger partial charge on any atom is -0.394 e. The zero-order valence-corrected chi connectivity index (χ0v) is 13.9. The molecule has 1 atom stereocenters. The fourth-order valence-electron chi connectivity index (χ4n) is 1.92. The summed E-state index contributed by atoms with van der Waals surface area (Å²) in [6.07, 6.45) is 1.01. The van der Waals surface area contributed by atoms with Crippen molar-refractivity contribution in [1.29, 1.82) is 0 Å². The van der Waals surface area contributed by atoms with Gasteiger partial charge in [0.1, 0.15) is 0 Å². The molecular formula is C15H25BrN2O. The number of aliphatic hydroxyl groups is 1. The number of benzene rings is 1. The molecule has 0 saturated carbocycles. The SMILES string of the molecule is CNC(CCN(C)C(C)(C)CO)c1ccc(Br)cc1. The van der Waals surface area contributed by atoms with Crippen molar-refractivity contribution in [2.75, 3.05) is 27.2 Å². The molecule has 0 bridgehead atoms. The normalized spacial score (nSPS) is 13.8. The highest BCUT2D eigenvalue weighted by Gasteiger charge is 2.22. The van der Waals surface area contributed by atoms with Gasteiger partial charge in [-0.1, -0.05) is 28.1 Å². The standard InChI is InChI=1S/C15H25BrN2O/c1-15(2,11-19)18(4)10-9-14(17-3)12-5-7-13(16)8-6-12/h5-8,14,17,19H,9-11H2,1-4H3. The first-order chi connectivity index (χ1) is 8.90. The molecule has 2 N–H and O–H groups in total. The van der Waals surface area contributed by atoms with Gasteiger partial charge in [0.2, 0.25) is 0 Å². The van der Waals surface area contributed by atoms with E-state index in [9.17, 15) is 5.11 Å². The van der Waals surface area contributed by atoms with Crippen LogP contribution in [0.3, 0.4) is 0 Å². The fourth-order valence-corrected chi connectivity index (χ4v) is 2.18. The van der Waals surface area contributed by atoms with Crippen molar-refractivity contribution in [3.63, 3.8) is 0 Å². The molecule has 0 aromatic heterocycles. The van der Waals surface area contributed by atoms with E-state index in [2.05, 4.69) is 71.3 Å². The van der Waals surface area contributed by atoms with Crippen molar-refractivity contribution in [3.05, 3.63) is 34.3 Å². The second-order valence-corrected chi connectivity index (χ2v) is 6.49. The van der Waals surface area contributed by atoms with Gasteiger partial charge in [-0.3, -0.25) is 4.90 Å². The first kappa shape index (κ1) is 16.6. The van der Waals surface area contributed by atoms with Crippen molar-refractivity contribution in [3.8, 4) is 0 Å².